The largest absolute Gasteiger partial charge is 0.323 e. The third-order valence-electron chi connectivity index (χ3n) is 3.37. The lowest BCUT2D eigenvalue weighted by Gasteiger charge is -2.31. The molecule has 1 atom stereocenters. The number of carbonyl (C=O) groups excluding carboxylic acids is 1. The van der Waals surface area contributed by atoms with Crippen molar-refractivity contribution in [3.05, 3.63) is 34.9 Å². The second-order valence-electron chi connectivity index (χ2n) is 4.19. The fourth-order valence-corrected chi connectivity index (χ4v) is 4.24. The molecule has 4 heteroatoms. The number of amides is 1. The average molecular weight is 254 g/mol. The van der Waals surface area contributed by atoms with Crippen molar-refractivity contribution < 1.29 is 4.79 Å². The minimum atomic E-state index is -0.0956. The summed E-state index contributed by atoms with van der Waals surface area (Å²) in [5.74, 6) is 1.33. The van der Waals surface area contributed by atoms with Crippen molar-refractivity contribution in [2.75, 3.05) is 12.3 Å². The van der Waals surface area contributed by atoms with Crippen LogP contribution in [0.1, 0.15) is 18.4 Å². The van der Waals surface area contributed by atoms with E-state index in [0.717, 1.165) is 23.7 Å². The summed E-state index contributed by atoms with van der Waals surface area (Å²) in [4.78, 5) is 13.7. The summed E-state index contributed by atoms with van der Waals surface area (Å²) in [5.41, 5.74) is 1.21. The summed E-state index contributed by atoms with van der Waals surface area (Å²) >= 11 is 7.79. The van der Waals surface area contributed by atoms with Crippen LogP contribution in [0.4, 0.5) is 0 Å². The van der Waals surface area contributed by atoms with E-state index in [1.54, 1.807) is 0 Å². The predicted molar refractivity (Wildman–Crippen MR) is 66.5 cm³/mol. The van der Waals surface area contributed by atoms with Crippen LogP contribution in [0.3, 0.4) is 0 Å². The van der Waals surface area contributed by atoms with Crippen molar-refractivity contribution in [2.24, 2.45) is 0 Å². The second kappa shape index (κ2) is 3.67. The molecule has 3 rings (SSSR count). The van der Waals surface area contributed by atoms with Crippen LogP contribution in [0.25, 0.3) is 0 Å². The lowest BCUT2D eigenvalue weighted by Crippen LogP contribution is -2.36. The zero-order valence-electron chi connectivity index (χ0n) is 8.78. The van der Waals surface area contributed by atoms with E-state index >= 15 is 0 Å². The highest BCUT2D eigenvalue weighted by Gasteiger charge is 2.50. The van der Waals surface area contributed by atoms with Gasteiger partial charge in [-0.3, -0.25) is 4.79 Å². The summed E-state index contributed by atoms with van der Waals surface area (Å²) in [5, 5.41) is 0.749. The third kappa shape index (κ3) is 1.38. The van der Waals surface area contributed by atoms with Crippen LogP contribution in [0.2, 0.25) is 5.02 Å². The minimum Gasteiger partial charge on any atom is -0.323 e. The van der Waals surface area contributed by atoms with Gasteiger partial charge in [0.15, 0.2) is 0 Å². The number of hydrogen-bond donors (Lipinski definition) is 0. The fourth-order valence-electron chi connectivity index (χ4n) is 2.60. The fraction of sp³-hybridized carbons (Fsp3) is 0.417. The predicted octanol–water partition coefficient (Wildman–Crippen LogP) is 2.86. The Morgan fingerprint density at radius 3 is 2.81 bits per heavy atom. The molecular weight excluding hydrogens is 242 g/mol. The van der Waals surface area contributed by atoms with E-state index < -0.39 is 0 Å². The molecule has 0 saturated carbocycles. The van der Waals surface area contributed by atoms with Crippen LogP contribution < -0.4 is 0 Å². The van der Waals surface area contributed by atoms with Gasteiger partial charge in [0.2, 0.25) is 5.91 Å². The Morgan fingerprint density at radius 1 is 1.31 bits per heavy atom. The maximum atomic E-state index is 11.8. The summed E-state index contributed by atoms with van der Waals surface area (Å²) in [6, 6.07) is 7.91. The first kappa shape index (κ1) is 10.5. The summed E-state index contributed by atoms with van der Waals surface area (Å²) in [6.45, 7) is 0.881. The normalized spacial score (nSPS) is 28.6. The van der Waals surface area contributed by atoms with Crippen molar-refractivity contribution >= 4 is 29.3 Å². The standard InChI is InChI=1S/C12H12ClNOS/c13-10-3-1-9(2-4-10)12-6-5-11(15)14(12)7-8-16-12/h1-4H,5-8H2/t12-/m1/s1. The first-order valence-electron chi connectivity index (χ1n) is 5.43. The van der Waals surface area contributed by atoms with Gasteiger partial charge in [0, 0.05) is 23.7 Å². The van der Waals surface area contributed by atoms with Crippen molar-refractivity contribution in [3.8, 4) is 0 Å². The van der Waals surface area contributed by atoms with Crippen molar-refractivity contribution in [2.45, 2.75) is 17.7 Å². The molecular formula is C12H12ClNOS. The molecule has 1 amide bonds. The Balaban J connectivity index is 2.04. The highest BCUT2D eigenvalue weighted by atomic mass is 35.5. The van der Waals surface area contributed by atoms with E-state index in [2.05, 4.69) is 0 Å². The van der Waals surface area contributed by atoms with Gasteiger partial charge < -0.3 is 4.90 Å². The number of benzene rings is 1. The molecule has 2 saturated heterocycles. The zero-order chi connectivity index (χ0) is 11.2. The Hall–Kier alpha value is -0.670. The first-order valence-corrected chi connectivity index (χ1v) is 6.79. The van der Waals surface area contributed by atoms with Gasteiger partial charge in [-0.25, -0.2) is 0 Å². The molecule has 84 valence electrons. The quantitative estimate of drug-likeness (QED) is 0.767. The molecule has 2 heterocycles. The van der Waals surface area contributed by atoms with Gasteiger partial charge in [-0.15, -0.1) is 11.8 Å². The van der Waals surface area contributed by atoms with Gasteiger partial charge in [0.05, 0.1) is 0 Å². The van der Waals surface area contributed by atoms with Crippen LogP contribution in [0, 0.1) is 0 Å². The van der Waals surface area contributed by atoms with E-state index in [1.165, 1.54) is 5.56 Å². The number of nitrogens with zero attached hydrogens (tertiary/aromatic N) is 1. The molecule has 0 aliphatic carbocycles. The molecule has 1 aromatic carbocycles. The Kier molecular flexibility index (Phi) is 2.41. The van der Waals surface area contributed by atoms with Crippen LogP contribution in [-0.2, 0) is 9.67 Å². The highest BCUT2D eigenvalue weighted by molar-refractivity contribution is 8.00. The van der Waals surface area contributed by atoms with E-state index in [9.17, 15) is 4.79 Å². The van der Waals surface area contributed by atoms with Gasteiger partial charge in [-0.1, -0.05) is 23.7 Å². The van der Waals surface area contributed by atoms with Crippen LogP contribution in [-0.4, -0.2) is 23.1 Å². The Morgan fingerprint density at radius 2 is 2.06 bits per heavy atom. The summed E-state index contributed by atoms with van der Waals surface area (Å²) in [6.07, 6.45) is 1.60. The number of thioether (sulfide) groups is 1. The first-order chi connectivity index (χ1) is 7.72. The number of fused-ring (bicyclic) bond motifs is 1. The van der Waals surface area contributed by atoms with E-state index in [0.29, 0.717) is 12.3 Å². The number of carbonyl (C=O) groups is 1. The molecule has 2 aliphatic rings. The molecule has 2 nitrogen and oxygen atoms in total. The molecule has 0 radical (unpaired) electrons. The zero-order valence-corrected chi connectivity index (χ0v) is 10.4. The maximum Gasteiger partial charge on any atom is 0.224 e. The molecule has 1 aromatic rings. The van der Waals surface area contributed by atoms with Crippen LogP contribution in [0.15, 0.2) is 24.3 Å². The van der Waals surface area contributed by atoms with Crippen molar-refractivity contribution in [1.82, 2.24) is 4.90 Å². The molecule has 2 aliphatic heterocycles. The van der Waals surface area contributed by atoms with Crippen LogP contribution in [0.5, 0.6) is 0 Å². The third-order valence-corrected chi connectivity index (χ3v) is 5.14. The summed E-state index contributed by atoms with van der Waals surface area (Å²) in [7, 11) is 0. The molecule has 16 heavy (non-hydrogen) atoms. The Labute approximate surface area is 104 Å². The van der Waals surface area contributed by atoms with Crippen molar-refractivity contribution in [3.63, 3.8) is 0 Å². The number of hydrogen-bond acceptors (Lipinski definition) is 2. The monoisotopic (exact) mass is 253 g/mol. The molecule has 0 bridgehead atoms. The average Bonchev–Trinajstić information content (AvgIpc) is 2.82. The lowest BCUT2D eigenvalue weighted by molar-refractivity contribution is -0.128. The van der Waals surface area contributed by atoms with Crippen LogP contribution >= 0.6 is 23.4 Å². The highest BCUT2D eigenvalue weighted by Crippen LogP contribution is 2.52. The lowest BCUT2D eigenvalue weighted by atomic mass is 10.0. The number of rotatable bonds is 1. The van der Waals surface area contributed by atoms with Gasteiger partial charge >= 0.3 is 0 Å². The molecule has 0 N–H and O–H groups in total. The van der Waals surface area contributed by atoms with Gasteiger partial charge in [0.25, 0.3) is 0 Å². The Bertz CT molecular complexity index is 433. The van der Waals surface area contributed by atoms with Gasteiger partial charge in [0.1, 0.15) is 4.87 Å². The summed E-state index contributed by atoms with van der Waals surface area (Å²) < 4.78 is 0. The molecule has 0 unspecified atom stereocenters. The minimum absolute atomic E-state index is 0.0956. The van der Waals surface area contributed by atoms with Gasteiger partial charge in [-0.2, -0.15) is 0 Å². The van der Waals surface area contributed by atoms with E-state index in [1.807, 2.05) is 40.9 Å². The van der Waals surface area contributed by atoms with Crippen molar-refractivity contribution in [1.29, 1.82) is 0 Å². The number of halogens is 1. The maximum absolute atomic E-state index is 11.8. The van der Waals surface area contributed by atoms with E-state index in [4.69, 9.17) is 11.6 Å². The van der Waals surface area contributed by atoms with Gasteiger partial charge in [-0.05, 0) is 24.1 Å². The molecule has 2 fully saturated rings. The molecule has 0 aromatic heterocycles. The SMILES string of the molecule is O=C1CC[C@]2(c3ccc(Cl)cc3)SCCN12. The molecule has 0 spiro atoms. The second-order valence-corrected chi connectivity index (χ2v) is 5.99. The van der Waals surface area contributed by atoms with E-state index in [-0.39, 0.29) is 4.87 Å². The topological polar surface area (TPSA) is 20.3 Å². The smallest absolute Gasteiger partial charge is 0.224 e.